The number of nitrogens with one attached hydrogen (secondary N) is 1. The lowest BCUT2D eigenvalue weighted by atomic mass is 9.96. The van der Waals surface area contributed by atoms with Gasteiger partial charge in [0.2, 0.25) is 0 Å². The van der Waals surface area contributed by atoms with Crippen LogP contribution < -0.4 is 5.32 Å². The Labute approximate surface area is 162 Å². The molecule has 0 saturated carbocycles. The van der Waals surface area contributed by atoms with Crippen molar-refractivity contribution in [1.82, 2.24) is 0 Å². The molecule has 4 aromatic carbocycles. The molecule has 0 atom stereocenters. The van der Waals surface area contributed by atoms with E-state index in [0.29, 0.717) is 23.4 Å². The predicted molar refractivity (Wildman–Crippen MR) is 112 cm³/mol. The third-order valence-electron chi connectivity index (χ3n) is 4.65. The number of fused-ring (bicyclic) bond motifs is 2. The summed E-state index contributed by atoms with van der Waals surface area (Å²) < 4.78 is 4.99. The molecule has 0 heterocycles. The minimum Gasteiger partial charge on any atom is -0.462 e. The molecular weight excluding hydrogens is 350 g/mol. The van der Waals surface area contributed by atoms with Gasteiger partial charge in [0.15, 0.2) is 0 Å². The van der Waals surface area contributed by atoms with Crippen LogP contribution in [0.25, 0.3) is 21.5 Å². The average Bonchev–Trinajstić information content (AvgIpc) is 2.72. The van der Waals surface area contributed by atoms with Crippen molar-refractivity contribution in [1.29, 1.82) is 0 Å². The van der Waals surface area contributed by atoms with Crippen LogP contribution in [0.15, 0.2) is 78.9 Å². The lowest BCUT2D eigenvalue weighted by Gasteiger charge is -2.12. The van der Waals surface area contributed by atoms with E-state index in [1.165, 1.54) is 0 Å². The molecule has 0 aliphatic heterocycles. The minimum atomic E-state index is -0.375. The Hall–Kier alpha value is -3.66. The van der Waals surface area contributed by atoms with Crippen molar-refractivity contribution in [2.24, 2.45) is 0 Å². The van der Waals surface area contributed by atoms with Crippen LogP contribution in [0.2, 0.25) is 0 Å². The van der Waals surface area contributed by atoms with Gasteiger partial charge in [0.1, 0.15) is 0 Å². The van der Waals surface area contributed by atoms with E-state index in [4.69, 9.17) is 4.74 Å². The number of carbonyl (C=O) groups excluding carboxylic acids is 2. The number of hydrogen-bond acceptors (Lipinski definition) is 3. The largest absolute Gasteiger partial charge is 0.462 e. The number of ether oxygens (including phenoxy) is 1. The normalized spacial score (nSPS) is 10.8. The summed E-state index contributed by atoms with van der Waals surface area (Å²) in [6.45, 7) is 2.09. The van der Waals surface area contributed by atoms with Crippen LogP contribution in [-0.2, 0) is 4.74 Å². The zero-order valence-electron chi connectivity index (χ0n) is 15.4. The number of anilines is 1. The molecular formula is C24H19NO3. The second-order valence-corrected chi connectivity index (χ2v) is 6.45. The molecule has 0 radical (unpaired) electrons. The fourth-order valence-electron chi connectivity index (χ4n) is 3.36. The van der Waals surface area contributed by atoms with Gasteiger partial charge < -0.3 is 10.1 Å². The van der Waals surface area contributed by atoms with Gasteiger partial charge in [-0.25, -0.2) is 4.79 Å². The summed E-state index contributed by atoms with van der Waals surface area (Å²) in [5.41, 5.74) is 1.72. The van der Waals surface area contributed by atoms with Crippen LogP contribution in [0.3, 0.4) is 0 Å². The molecule has 1 amide bonds. The van der Waals surface area contributed by atoms with Crippen LogP contribution in [0.5, 0.6) is 0 Å². The second kappa shape index (κ2) is 7.53. The Bertz CT molecular complexity index is 1130. The number of hydrogen-bond donors (Lipinski definition) is 1. The highest BCUT2D eigenvalue weighted by Gasteiger charge is 2.15. The van der Waals surface area contributed by atoms with Crippen molar-refractivity contribution < 1.29 is 14.3 Å². The van der Waals surface area contributed by atoms with Crippen molar-refractivity contribution in [3.63, 3.8) is 0 Å². The molecule has 0 aliphatic rings. The lowest BCUT2D eigenvalue weighted by molar-refractivity contribution is 0.0526. The summed E-state index contributed by atoms with van der Waals surface area (Å²) >= 11 is 0. The number of carbonyl (C=O) groups is 2. The summed E-state index contributed by atoms with van der Waals surface area (Å²) in [7, 11) is 0. The molecule has 1 N–H and O–H groups in total. The highest BCUT2D eigenvalue weighted by atomic mass is 16.5. The smallest absolute Gasteiger partial charge is 0.338 e. The van der Waals surface area contributed by atoms with E-state index in [0.717, 1.165) is 21.5 Å². The standard InChI is InChI=1S/C24H19NO3/c1-2-28-24(27)16-11-13-19(14-12-16)25-23(26)22-20-9-5-3-7-17(20)15-18-8-4-6-10-21(18)22/h3-15H,2H2,1H3,(H,25,26). The molecule has 4 rings (SSSR count). The fraction of sp³-hybridized carbons (Fsp3) is 0.0833. The molecule has 4 aromatic rings. The number of rotatable bonds is 4. The van der Waals surface area contributed by atoms with Gasteiger partial charge >= 0.3 is 5.97 Å². The Morgan fingerprint density at radius 3 is 1.96 bits per heavy atom. The maximum absolute atomic E-state index is 13.2. The third kappa shape index (κ3) is 3.32. The van der Waals surface area contributed by atoms with E-state index in [1.807, 2.05) is 48.5 Å². The van der Waals surface area contributed by atoms with Gasteiger partial charge in [0.05, 0.1) is 17.7 Å². The van der Waals surface area contributed by atoms with Crippen molar-refractivity contribution in [2.45, 2.75) is 6.92 Å². The molecule has 138 valence electrons. The van der Waals surface area contributed by atoms with Crippen LogP contribution in [0.1, 0.15) is 27.6 Å². The monoisotopic (exact) mass is 369 g/mol. The van der Waals surface area contributed by atoms with Gasteiger partial charge in [-0.1, -0.05) is 48.5 Å². The Balaban J connectivity index is 1.71. The molecule has 4 nitrogen and oxygen atoms in total. The van der Waals surface area contributed by atoms with Crippen LogP contribution >= 0.6 is 0 Å². The Morgan fingerprint density at radius 2 is 1.39 bits per heavy atom. The van der Waals surface area contributed by atoms with Crippen molar-refractivity contribution >= 4 is 39.1 Å². The van der Waals surface area contributed by atoms with Crippen molar-refractivity contribution in [3.8, 4) is 0 Å². The summed E-state index contributed by atoms with van der Waals surface area (Å²) in [5, 5.41) is 6.79. The molecule has 0 unspecified atom stereocenters. The molecule has 0 aliphatic carbocycles. The number of esters is 1. The quantitative estimate of drug-likeness (QED) is 0.386. The molecule has 0 spiro atoms. The first-order valence-corrected chi connectivity index (χ1v) is 9.16. The Kier molecular flexibility index (Phi) is 4.77. The summed E-state index contributed by atoms with van der Waals surface area (Å²) in [6.07, 6.45) is 0. The van der Waals surface area contributed by atoms with E-state index in [9.17, 15) is 9.59 Å². The zero-order chi connectivity index (χ0) is 19.5. The summed E-state index contributed by atoms with van der Waals surface area (Å²) in [6, 6.07) is 24.5. The summed E-state index contributed by atoms with van der Waals surface area (Å²) in [5.74, 6) is -0.558. The lowest BCUT2D eigenvalue weighted by Crippen LogP contribution is -2.13. The maximum atomic E-state index is 13.2. The molecule has 28 heavy (non-hydrogen) atoms. The first-order valence-electron chi connectivity index (χ1n) is 9.16. The molecule has 0 bridgehead atoms. The van der Waals surface area contributed by atoms with Gasteiger partial charge in [-0.3, -0.25) is 4.79 Å². The first-order chi connectivity index (χ1) is 13.7. The van der Waals surface area contributed by atoms with Gasteiger partial charge in [-0.15, -0.1) is 0 Å². The number of benzene rings is 4. The molecule has 0 aromatic heterocycles. The second-order valence-electron chi connectivity index (χ2n) is 6.45. The van der Waals surface area contributed by atoms with Crippen molar-refractivity contribution in [3.05, 3.63) is 90.0 Å². The van der Waals surface area contributed by atoms with Crippen LogP contribution in [-0.4, -0.2) is 18.5 Å². The van der Waals surface area contributed by atoms with E-state index in [1.54, 1.807) is 31.2 Å². The van der Waals surface area contributed by atoms with E-state index >= 15 is 0 Å². The SMILES string of the molecule is CCOC(=O)c1ccc(NC(=O)c2c3ccccc3cc3ccccc23)cc1. The van der Waals surface area contributed by atoms with Gasteiger partial charge in [-0.2, -0.15) is 0 Å². The fourth-order valence-corrected chi connectivity index (χ4v) is 3.36. The number of amides is 1. The highest BCUT2D eigenvalue weighted by Crippen LogP contribution is 2.29. The van der Waals surface area contributed by atoms with E-state index in [2.05, 4.69) is 11.4 Å². The predicted octanol–water partition coefficient (Wildman–Crippen LogP) is 5.42. The minimum absolute atomic E-state index is 0.183. The third-order valence-corrected chi connectivity index (χ3v) is 4.65. The molecule has 4 heteroatoms. The first kappa shape index (κ1) is 17.7. The van der Waals surface area contributed by atoms with Gasteiger partial charge in [0.25, 0.3) is 5.91 Å². The Morgan fingerprint density at radius 1 is 0.821 bits per heavy atom. The van der Waals surface area contributed by atoms with Crippen molar-refractivity contribution in [2.75, 3.05) is 11.9 Å². The van der Waals surface area contributed by atoms with Gasteiger partial charge in [-0.05, 0) is 58.8 Å². The topological polar surface area (TPSA) is 55.4 Å². The summed E-state index contributed by atoms with van der Waals surface area (Å²) in [4.78, 5) is 24.9. The zero-order valence-corrected chi connectivity index (χ0v) is 15.4. The van der Waals surface area contributed by atoms with E-state index < -0.39 is 0 Å². The maximum Gasteiger partial charge on any atom is 0.338 e. The molecule has 0 saturated heterocycles. The van der Waals surface area contributed by atoms with Crippen LogP contribution in [0, 0.1) is 0 Å². The van der Waals surface area contributed by atoms with Gasteiger partial charge in [0, 0.05) is 5.69 Å². The highest BCUT2D eigenvalue weighted by molar-refractivity contribution is 6.21. The molecule has 0 fully saturated rings. The van der Waals surface area contributed by atoms with Crippen LogP contribution in [0.4, 0.5) is 5.69 Å². The van der Waals surface area contributed by atoms with E-state index in [-0.39, 0.29) is 11.9 Å². The average molecular weight is 369 g/mol.